The van der Waals surface area contributed by atoms with Crippen molar-refractivity contribution in [3.05, 3.63) is 17.5 Å². The van der Waals surface area contributed by atoms with E-state index < -0.39 is 30.0 Å². The second kappa shape index (κ2) is 8.77. The first-order valence-corrected chi connectivity index (χ1v) is 8.01. The highest BCUT2D eigenvalue weighted by Gasteiger charge is 2.48. The van der Waals surface area contributed by atoms with E-state index in [2.05, 4.69) is 9.97 Å². The highest BCUT2D eigenvalue weighted by atomic mass is 19.4. The first-order valence-electron chi connectivity index (χ1n) is 8.01. The first kappa shape index (κ1) is 20.9. The van der Waals surface area contributed by atoms with Crippen molar-refractivity contribution in [2.45, 2.75) is 59.2 Å². The van der Waals surface area contributed by atoms with Gasteiger partial charge in [0.2, 0.25) is 5.95 Å². The average molecular weight is 361 g/mol. The summed E-state index contributed by atoms with van der Waals surface area (Å²) in [7, 11) is 0. The Hall–Kier alpha value is -2.19. The third kappa shape index (κ3) is 5.68. The Morgan fingerprint density at radius 2 is 1.76 bits per heavy atom. The molecule has 1 heterocycles. The van der Waals surface area contributed by atoms with E-state index in [1.165, 1.54) is 6.92 Å². The number of ether oxygens (including phenoxy) is 1. The van der Waals surface area contributed by atoms with Crippen LogP contribution in [0.1, 0.15) is 44.5 Å². The van der Waals surface area contributed by atoms with Crippen LogP contribution < -0.4 is 4.90 Å². The fourth-order valence-electron chi connectivity index (χ4n) is 2.19. The number of unbranched alkanes of at least 4 members (excludes halogenated alkanes) is 1. The number of rotatable bonds is 7. The number of halogens is 3. The van der Waals surface area contributed by atoms with Crippen molar-refractivity contribution >= 4 is 17.8 Å². The topological polar surface area (TPSA) is 72.4 Å². The number of nitrogens with zero attached hydrogens (tertiary/aromatic N) is 3. The van der Waals surface area contributed by atoms with E-state index in [9.17, 15) is 22.8 Å². The Morgan fingerprint density at radius 3 is 2.20 bits per heavy atom. The monoisotopic (exact) mass is 361 g/mol. The molecule has 0 fully saturated rings. The van der Waals surface area contributed by atoms with Crippen LogP contribution in [0.15, 0.2) is 6.07 Å². The van der Waals surface area contributed by atoms with E-state index in [1.54, 1.807) is 19.9 Å². The Kier molecular flexibility index (Phi) is 7.32. The maximum Gasteiger partial charge on any atom is 0.471 e. The lowest BCUT2D eigenvalue weighted by Crippen LogP contribution is -2.52. The molecule has 1 amide bonds. The van der Waals surface area contributed by atoms with Crippen LogP contribution in [0.3, 0.4) is 0 Å². The van der Waals surface area contributed by atoms with Crippen molar-refractivity contribution in [1.29, 1.82) is 0 Å². The van der Waals surface area contributed by atoms with E-state index in [-0.39, 0.29) is 17.9 Å². The molecule has 0 N–H and O–H groups in total. The number of esters is 1. The van der Waals surface area contributed by atoms with Gasteiger partial charge in [-0.25, -0.2) is 14.8 Å². The highest BCUT2D eigenvalue weighted by molar-refractivity contribution is 6.01. The minimum absolute atomic E-state index is 0.0663. The number of carbonyl (C=O) groups is 2. The molecule has 0 bridgehead atoms. The number of aromatic nitrogens is 2. The van der Waals surface area contributed by atoms with Gasteiger partial charge in [0, 0.05) is 11.4 Å². The number of alkyl halides is 3. The average Bonchev–Trinajstić information content (AvgIpc) is 2.50. The Balaban J connectivity index is 3.28. The number of amides is 1. The molecular weight excluding hydrogens is 339 g/mol. The molecule has 6 nitrogen and oxygen atoms in total. The van der Waals surface area contributed by atoms with Gasteiger partial charge in [-0.3, -0.25) is 9.69 Å². The summed E-state index contributed by atoms with van der Waals surface area (Å²) in [5.41, 5.74) is 0.772. The van der Waals surface area contributed by atoms with Crippen LogP contribution in [-0.2, 0) is 14.3 Å². The zero-order chi connectivity index (χ0) is 19.2. The van der Waals surface area contributed by atoms with Crippen molar-refractivity contribution in [2.75, 3.05) is 11.5 Å². The van der Waals surface area contributed by atoms with E-state index in [0.29, 0.717) is 17.8 Å². The third-order valence-corrected chi connectivity index (χ3v) is 3.36. The number of carbonyl (C=O) groups excluding carboxylic acids is 2. The molecule has 0 aliphatic carbocycles. The van der Waals surface area contributed by atoms with Gasteiger partial charge in [0.05, 0.1) is 6.61 Å². The van der Waals surface area contributed by atoms with Crippen molar-refractivity contribution in [3.8, 4) is 0 Å². The lowest BCUT2D eigenvalue weighted by molar-refractivity contribution is -0.172. The minimum atomic E-state index is -5.17. The molecule has 1 rings (SSSR count). The quantitative estimate of drug-likeness (QED) is 0.551. The van der Waals surface area contributed by atoms with Gasteiger partial charge in [0.25, 0.3) is 0 Å². The fourth-order valence-corrected chi connectivity index (χ4v) is 2.19. The molecule has 1 aromatic heterocycles. The second-order valence-electron chi connectivity index (χ2n) is 5.57. The summed E-state index contributed by atoms with van der Waals surface area (Å²) in [6.07, 6.45) is -3.90. The molecule has 0 aliphatic rings. The van der Waals surface area contributed by atoms with Gasteiger partial charge in [0.15, 0.2) is 0 Å². The molecule has 25 heavy (non-hydrogen) atoms. The van der Waals surface area contributed by atoms with Gasteiger partial charge in [-0.1, -0.05) is 20.3 Å². The molecule has 0 spiro atoms. The molecule has 140 valence electrons. The zero-order valence-electron chi connectivity index (χ0n) is 14.7. The summed E-state index contributed by atoms with van der Waals surface area (Å²) >= 11 is 0. The number of hydrogen-bond acceptors (Lipinski definition) is 5. The SMILES string of the molecule is CCCCOC(=O)C(CC)N(C(=O)C(F)(F)F)c1nc(C)cc(C)n1. The standard InChI is InChI=1S/C16H22F3N3O3/c1-5-7-8-25-13(23)12(6-2)22(14(24)16(17,18)19)15-20-10(3)9-11(4)21-15/h9,12H,5-8H2,1-4H3. The molecule has 0 aliphatic heterocycles. The summed E-state index contributed by atoms with van der Waals surface area (Å²) in [5, 5.41) is 0. The van der Waals surface area contributed by atoms with Crippen LogP contribution in [0.4, 0.5) is 19.1 Å². The lowest BCUT2D eigenvalue weighted by atomic mass is 10.2. The van der Waals surface area contributed by atoms with Gasteiger partial charge in [0.1, 0.15) is 6.04 Å². The van der Waals surface area contributed by atoms with Gasteiger partial charge in [-0.05, 0) is 32.8 Å². The van der Waals surface area contributed by atoms with Crippen LogP contribution in [0.5, 0.6) is 0 Å². The summed E-state index contributed by atoms with van der Waals surface area (Å²) in [4.78, 5) is 32.3. The summed E-state index contributed by atoms with van der Waals surface area (Å²) in [5.74, 6) is -3.56. The van der Waals surface area contributed by atoms with Crippen LogP contribution in [0.25, 0.3) is 0 Å². The van der Waals surface area contributed by atoms with Crippen LogP contribution >= 0.6 is 0 Å². The molecule has 9 heteroatoms. The van der Waals surface area contributed by atoms with Gasteiger partial charge in [-0.2, -0.15) is 13.2 Å². The number of aryl methyl sites for hydroxylation is 2. The van der Waals surface area contributed by atoms with Crippen molar-refractivity contribution in [3.63, 3.8) is 0 Å². The van der Waals surface area contributed by atoms with Crippen LogP contribution in [0.2, 0.25) is 0 Å². The Labute approximate surface area is 144 Å². The third-order valence-electron chi connectivity index (χ3n) is 3.36. The van der Waals surface area contributed by atoms with E-state index in [0.717, 1.165) is 6.42 Å². The van der Waals surface area contributed by atoms with Crippen molar-refractivity contribution < 1.29 is 27.5 Å². The zero-order valence-corrected chi connectivity index (χ0v) is 14.7. The van der Waals surface area contributed by atoms with E-state index >= 15 is 0 Å². The van der Waals surface area contributed by atoms with E-state index in [1.807, 2.05) is 6.92 Å². The van der Waals surface area contributed by atoms with Crippen LogP contribution in [0, 0.1) is 13.8 Å². The largest absolute Gasteiger partial charge is 0.471 e. The maximum atomic E-state index is 13.1. The molecular formula is C16H22F3N3O3. The summed E-state index contributed by atoms with van der Waals surface area (Å²) in [6, 6.07) is 0.104. The number of anilines is 1. The maximum absolute atomic E-state index is 13.1. The molecule has 0 saturated heterocycles. The number of hydrogen-bond donors (Lipinski definition) is 0. The van der Waals surface area contributed by atoms with E-state index in [4.69, 9.17) is 4.74 Å². The normalized spacial score (nSPS) is 12.6. The molecule has 0 aromatic carbocycles. The predicted molar refractivity (Wildman–Crippen MR) is 85.0 cm³/mol. The Morgan fingerprint density at radius 1 is 1.20 bits per heavy atom. The summed E-state index contributed by atoms with van der Waals surface area (Å²) < 4.78 is 44.2. The Bertz CT molecular complexity index is 600. The van der Waals surface area contributed by atoms with Gasteiger partial charge in [-0.15, -0.1) is 0 Å². The second-order valence-corrected chi connectivity index (χ2v) is 5.57. The van der Waals surface area contributed by atoms with Crippen molar-refractivity contribution in [2.24, 2.45) is 0 Å². The molecule has 1 aromatic rings. The first-order chi connectivity index (χ1) is 11.6. The molecule has 1 unspecified atom stereocenters. The predicted octanol–water partition coefficient (Wildman–Crippen LogP) is 3.11. The smallest absolute Gasteiger partial charge is 0.464 e. The van der Waals surface area contributed by atoms with Gasteiger partial charge >= 0.3 is 18.1 Å². The molecule has 0 saturated carbocycles. The molecule has 1 atom stereocenters. The fraction of sp³-hybridized carbons (Fsp3) is 0.625. The highest BCUT2D eigenvalue weighted by Crippen LogP contribution is 2.25. The van der Waals surface area contributed by atoms with Crippen molar-refractivity contribution in [1.82, 2.24) is 9.97 Å². The lowest BCUT2D eigenvalue weighted by Gasteiger charge is -2.28. The van der Waals surface area contributed by atoms with Gasteiger partial charge < -0.3 is 4.74 Å². The summed E-state index contributed by atoms with van der Waals surface area (Å²) in [6.45, 7) is 6.58. The van der Waals surface area contributed by atoms with Crippen LogP contribution in [-0.4, -0.2) is 40.7 Å². The minimum Gasteiger partial charge on any atom is -0.464 e. The molecule has 0 radical (unpaired) electrons.